The molecule has 1 aromatic rings. The van der Waals surface area contributed by atoms with Crippen molar-refractivity contribution in [2.45, 2.75) is 125 Å². The molecule has 1 saturated carbocycles. The molecule has 0 aliphatic heterocycles. The molecule has 2 atom stereocenters. The minimum atomic E-state index is -0.169. The molecule has 1 fully saturated rings. The molecule has 0 bridgehead atoms. The van der Waals surface area contributed by atoms with Gasteiger partial charge in [-0.05, 0) is 84.8 Å². The molecule has 0 radical (unpaired) electrons. The predicted octanol–water partition coefficient (Wildman–Crippen LogP) is 9.18. The summed E-state index contributed by atoms with van der Waals surface area (Å²) in [5.41, 5.74) is 2.34. The summed E-state index contributed by atoms with van der Waals surface area (Å²) in [6, 6.07) is 8.32. The number of ether oxygens (including phenoxy) is 1. The molecule has 0 saturated heterocycles. The highest BCUT2D eigenvalue weighted by molar-refractivity contribution is 5.89. The summed E-state index contributed by atoms with van der Waals surface area (Å²) >= 11 is 0. The smallest absolute Gasteiger partial charge is 0.338 e. The molecule has 1 aliphatic carbocycles. The van der Waals surface area contributed by atoms with Crippen LogP contribution in [0.5, 0.6) is 0 Å². The molecule has 0 amide bonds. The van der Waals surface area contributed by atoms with Crippen LogP contribution in [0.25, 0.3) is 0 Å². The van der Waals surface area contributed by atoms with Crippen molar-refractivity contribution in [2.24, 2.45) is 22.7 Å². The average Bonchev–Trinajstić information content (AvgIpc) is 2.72. The third-order valence-corrected chi connectivity index (χ3v) is 7.98. The molecule has 2 nitrogen and oxygen atoms in total. The van der Waals surface area contributed by atoms with E-state index >= 15 is 0 Å². The van der Waals surface area contributed by atoms with Gasteiger partial charge < -0.3 is 4.74 Å². The van der Waals surface area contributed by atoms with Gasteiger partial charge in [0.05, 0.1) is 5.56 Å². The first-order valence-corrected chi connectivity index (χ1v) is 13.3. The second kappa shape index (κ2) is 11.7. The number of carbonyl (C=O) groups is 1. The van der Waals surface area contributed by atoms with Crippen LogP contribution in [0.3, 0.4) is 0 Å². The Hall–Kier alpha value is -1.31. The first kappa shape index (κ1) is 26.9. The van der Waals surface area contributed by atoms with E-state index in [4.69, 9.17) is 4.74 Å². The largest absolute Gasteiger partial charge is 0.459 e. The quantitative estimate of drug-likeness (QED) is 0.337. The van der Waals surface area contributed by atoms with Gasteiger partial charge in [-0.15, -0.1) is 0 Å². The lowest BCUT2D eigenvalue weighted by molar-refractivity contribution is -0.0000299. The fourth-order valence-electron chi connectivity index (χ4n) is 5.48. The van der Waals surface area contributed by atoms with Crippen molar-refractivity contribution < 1.29 is 9.53 Å². The highest BCUT2D eigenvalue weighted by Crippen LogP contribution is 2.39. The van der Waals surface area contributed by atoms with E-state index < -0.39 is 0 Å². The Morgan fingerprint density at radius 1 is 0.969 bits per heavy atom. The summed E-state index contributed by atoms with van der Waals surface area (Å²) in [6.07, 6.45) is 10.8. The standard InChI is InChI=1S/C30H50O2/c1-9-11-23-12-14-24(15-13-23)25-16-18-26(19-17-25)28(31)32-27(20-29(4,5)6)21-30(7,8)22(3)10-2/h16-19,22-24,27H,9-15,20-21H2,1-8H3. The maximum Gasteiger partial charge on any atom is 0.338 e. The van der Waals surface area contributed by atoms with Gasteiger partial charge in [0.25, 0.3) is 0 Å². The van der Waals surface area contributed by atoms with Crippen LogP contribution in [-0.4, -0.2) is 12.1 Å². The Kier molecular flexibility index (Phi) is 9.85. The lowest BCUT2D eigenvalue weighted by Gasteiger charge is -2.36. The molecule has 0 aromatic heterocycles. The lowest BCUT2D eigenvalue weighted by Crippen LogP contribution is -2.32. The summed E-state index contributed by atoms with van der Waals surface area (Å²) in [6.45, 7) is 18.2. The molecule has 0 heterocycles. The van der Waals surface area contributed by atoms with Gasteiger partial charge in [-0.25, -0.2) is 4.79 Å². The minimum Gasteiger partial charge on any atom is -0.459 e. The highest BCUT2D eigenvalue weighted by Gasteiger charge is 2.32. The minimum absolute atomic E-state index is 0.0555. The lowest BCUT2D eigenvalue weighted by atomic mass is 9.72. The summed E-state index contributed by atoms with van der Waals surface area (Å²) in [5.74, 6) is 2.00. The Morgan fingerprint density at radius 2 is 1.56 bits per heavy atom. The van der Waals surface area contributed by atoms with Gasteiger partial charge in [-0.2, -0.15) is 0 Å². The molecule has 32 heavy (non-hydrogen) atoms. The first-order chi connectivity index (χ1) is 14.9. The fraction of sp³-hybridized carbons (Fsp3) is 0.767. The van der Waals surface area contributed by atoms with Crippen molar-refractivity contribution in [1.29, 1.82) is 0 Å². The fourth-order valence-corrected chi connectivity index (χ4v) is 5.48. The van der Waals surface area contributed by atoms with Crippen LogP contribution in [0.15, 0.2) is 24.3 Å². The van der Waals surface area contributed by atoms with Crippen LogP contribution < -0.4 is 0 Å². The zero-order valence-electron chi connectivity index (χ0n) is 22.3. The van der Waals surface area contributed by atoms with E-state index in [9.17, 15) is 4.79 Å². The van der Waals surface area contributed by atoms with Crippen LogP contribution in [-0.2, 0) is 4.74 Å². The van der Waals surface area contributed by atoms with Crippen molar-refractivity contribution in [3.05, 3.63) is 35.4 Å². The number of hydrogen-bond acceptors (Lipinski definition) is 2. The van der Waals surface area contributed by atoms with Gasteiger partial charge in [-0.3, -0.25) is 0 Å². The topological polar surface area (TPSA) is 26.3 Å². The maximum absolute atomic E-state index is 13.0. The highest BCUT2D eigenvalue weighted by atomic mass is 16.5. The van der Waals surface area contributed by atoms with E-state index in [1.165, 1.54) is 44.1 Å². The van der Waals surface area contributed by atoms with E-state index in [1.54, 1.807) is 0 Å². The van der Waals surface area contributed by atoms with Crippen molar-refractivity contribution in [2.75, 3.05) is 0 Å². The number of esters is 1. The monoisotopic (exact) mass is 442 g/mol. The normalized spacial score (nSPS) is 21.8. The van der Waals surface area contributed by atoms with E-state index in [-0.39, 0.29) is 22.9 Å². The van der Waals surface area contributed by atoms with E-state index in [0.717, 1.165) is 25.2 Å². The SMILES string of the molecule is CCCC1CCC(c2ccc(C(=O)OC(CC(C)(C)C)CC(C)(C)C(C)CC)cc2)CC1. The summed E-state index contributed by atoms with van der Waals surface area (Å²) < 4.78 is 6.13. The number of hydrogen-bond donors (Lipinski definition) is 0. The second-order valence-corrected chi connectivity index (χ2v) is 12.4. The average molecular weight is 443 g/mol. The maximum atomic E-state index is 13.0. The van der Waals surface area contributed by atoms with Crippen molar-refractivity contribution in [1.82, 2.24) is 0 Å². The summed E-state index contributed by atoms with van der Waals surface area (Å²) in [4.78, 5) is 13.0. The van der Waals surface area contributed by atoms with E-state index in [1.807, 2.05) is 12.1 Å². The van der Waals surface area contributed by atoms with Crippen LogP contribution in [0, 0.1) is 22.7 Å². The van der Waals surface area contributed by atoms with Gasteiger partial charge in [0.1, 0.15) is 6.10 Å². The van der Waals surface area contributed by atoms with Crippen LogP contribution in [0.2, 0.25) is 0 Å². The number of rotatable bonds is 10. The molecule has 2 heteroatoms. The Balaban J connectivity index is 2.03. The summed E-state index contributed by atoms with van der Waals surface area (Å²) in [7, 11) is 0. The zero-order valence-corrected chi connectivity index (χ0v) is 22.3. The summed E-state index contributed by atoms with van der Waals surface area (Å²) in [5, 5.41) is 0. The molecule has 1 aromatic carbocycles. The number of carbonyl (C=O) groups excluding carboxylic acids is 1. The number of benzene rings is 1. The van der Waals surface area contributed by atoms with Gasteiger partial charge in [-0.1, -0.05) is 86.8 Å². The molecule has 0 N–H and O–H groups in total. The van der Waals surface area contributed by atoms with E-state index in [2.05, 4.69) is 67.5 Å². The van der Waals surface area contributed by atoms with E-state index in [0.29, 0.717) is 17.4 Å². The molecule has 182 valence electrons. The molecule has 0 spiro atoms. The third-order valence-electron chi connectivity index (χ3n) is 7.98. The first-order valence-electron chi connectivity index (χ1n) is 13.3. The Morgan fingerprint density at radius 3 is 2.06 bits per heavy atom. The van der Waals surface area contributed by atoms with Crippen LogP contribution >= 0.6 is 0 Å². The van der Waals surface area contributed by atoms with Crippen LogP contribution in [0.4, 0.5) is 0 Å². The molecule has 2 rings (SSSR count). The molecule has 1 aliphatic rings. The van der Waals surface area contributed by atoms with Gasteiger partial charge in [0, 0.05) is 0 Å². The second-order valence-electron chi connectivity index (χ2n) is 12.4. The third kappa shape index (κ3) is 8.23. The van der Waals surface area contributed by atoms with Gasteiger partial charge in [0.15, 0.2) is 0 Å². The predicted molar refractivity (Wildman–Crippen MR) is 137 cm³/mol. The Bertz CT molecular complexity index is 687. The molecular formula is C30H50O2. The molecular weight excluding hydrogens is 392 g/mol. The van der Waals surface area contributed by atoms with Gasteiger partial charge >= 0.3 is 5.97 Å². The zero-order chi connectivity index (χ0) is 23.9. The van der Waals surface area contributed by atoms with Crippen molar-refractivity contribution in [3.8, 4) is 0 Å². The molecule has 2 unspecified atom stereocenters. The Labute approximate surface area is 198 Å². The van der Waals surface area contributed by atoms with Crippen molar-refractivity contribution in [3.63, 3.8) is 0 Å². The van der Waals surface area contributed by atoms with Crippen LogP contribution in [0.1, 0.15) is 135 Å². The van der Waals surface area contributed by atoms with Crippen molar-refractivity contribution >= 4 is 5.97 Å². The van der Waals surface area contributed by atoms with Gasteiger partial charge in [0.2, 0.25) is 0 Å².